The number of nitrogens with zero attached hydrogens (tertiary/aromatic N) is 1. The fourth-order valence-corrected chi connectivity index (χ4v) is 3.67. The predicted molar refractivity (Wildman–Crippen MR) is 97.7 cm³/mol. The number of rotatable bonds is 3. The van der Waals surface area contributed by atoms with Gasteiger partial charge in [-0.25, -0.2) is 0 Å². The minimum absolute atomic E-state index is 0.325. The SMILES string of the molecule is O=C1SC(=Cc2cc(O)c(O)c(C(F)(F)F)c2)C(=O)N1Cc1ccccc1C(F)(F)F. The van der Waals surface area contributed by atoms with Crippen molar-refractivity contribution in [1.29, 1.82) is 0 Å². The molecule has 0 radical (unpaired) electrons. The fraction of sp³-hybridized carbons (Fsp3) is 0.158. The molecule has 0 aliphatic carbocycles. The zero-order valence-corrected chi connectivity index (χ0v) is 15.9. The lowest BCUT2D eigenvalue weighted by molar-refractivity contribution is -0.139. The van der Waals surface area contributed by atoms with E-state index in [1.165, 1.54) is 6.07 Å². The molecule has 0 saturated carbocycles. The van der Waals surface area contributed by atoms with Crippen molar-refractivity contribution in [2.45, 2.75) is 18.9 Å². The number of phenolic OH excluding ortho intramolecular Hbond substituents is 2. The zero-order valence-electron chi connectivity index (χ0n) is 15.1. The van der Waals surface area contributed by atoms with Crippen LogP contribution in [0.15, 0.2) is 41.3 Å². The van der Waals surface area contributed by atoms with Crippen LogP contribution in [0.1, 0.15) is 22.3 Å². The number of phenols is 2. The second-order valence-electron chi connectivity index (χ2n) is 6.36. The quantitative estimate of drug-likeness (QED) is 0.364. The summed E-state index contributed by atoms with van der Waals surface area (Å²) < 4.78 is 78.4. The number of imide groups is 1. The second kappa shape index (κ2) is 7.84. The Labute approximate surface area is 174 Å². The molecule has 0 bridgehead atoms. The van der Waals surface area contributed by atoms with Crippen LogP contribution in [0.3, 0.4) is 0 Å². The van der Waals surface area contributed by atoms with Gasteiger partial charge in [-0.1, -0.05) is 18.2 Å². The van der Waals surface area contributed by atoms with Gasteiger partial charge in [0, 0.05) is 0 Å². The first-order chi connectivity index (χ1) is 14.3. The van der Waals surface area contributed by atoms with Crippen LogP contribution in [0.2, 0.25) is 0 Å². The summed E-state index contributed by atoms with van der Waals surface area (Å²) in [6.07, 6.45) is -8.85. The molecule has 2 N–H and O–H groups in total. The highest BCUT2D eigenvalue weighted by Crippen LogP contribution is 2.42. The first kappa shape index (κ1) is 22.5. The third-order valence-electron chi connectivity index (χ3n) is 4.24. The van der Waals surface area contributed by atoms with Gasteiger partial charge in [0.05, 0.1) is 17.0 Å². The molecule has 164 valence electrons. The summed E-state index contributed by atoms with van der Waals surface area (Å²) in [6.45, 7) is -0.688. The Bertz CT molecular complexity index is 1090. The Morgan fingerprint density at radius 2 is 1.55 bits per heavy atom. The highest BCUT2D eigenvalue weighted by atomic mass is 32.2. The molecule has 1 aliphatic heterocycles. The van der Waals surface area contributed by atoms with E-state index < -0.39 is 52.7 Å². The smallest absolute Gasteiger partial charge is 0.420 e. The van der Waals surface area contributed by atoms with Gasteiger partial charge in [-0.15, -0.1) is 0 Å². The second-order valence-corrected chi connectivity index (χ2v) is 7.35. The lowest BCUT2D eigenvalue weighted by Crippen LogP contribution is -2.28. The van der Waals surface area contributed by atoms with E-state index in [9.17, 15) is 46.1 Å². The highest BCUT2D eigenvalue weighted by molar-refractivity contribution is 8.18. The number of alkyl halides is 6. The molecule has 2 aromatic rings. The fourth-order valence-electron chi connectivity index (χ4n) is 2.83. The normalized spacial score (nSPS) is 16.5. The van der Waals surface area contributed by atoms with E-state index in [2.05, 4.69) is 0 Å². The van der Waals surface area contributed by atoms with Crippen LogP contribution < -0.4 is 0 Å². The van der Waals surface area contributed by atoms with Crippen LogP contribution in [-0.2, 0) is 23.7 Å². The number of benzene rings is 2. The van der Waals surface area contributed by atoms with E-state index in [0.29, 0.717) is 22.7 Å². The molecule has 12 heteroatoms. The van der Waals surface area contributed by atoms with Crippen molar-refractivity contribution in [3.05, 3.63) is 63.6 Å². The Kier molecular flexibility index (Phi) is 5.70. The molecule has 1 aliphatic rings. The molecule has 2 amide bonds. The predicted octanol–water partition coefficient (Wildman–Crippen LogP) is 5.37. The van der Waals surface area contributed by atoms with E-state index in [4.69, 9.17) is 0 Å². The van der Waals surface area contributed by atoms with E-state index in [1.54, 1.807) is 0 Å². The molecule has 0 unspecified atom stereocenters. The van der Waals surface area contributed by atoms with Crippen molar-refractivity contribution in [2.75, 3.05) is 0 Å². The molecule has 3 rings (SSSR count). The molecule has 31 heavy (non-hydrogen) atoms. The standard InChI is InChI=1S/C19H11F6NO4S/c20-18(21,22)11-4-2-1-3-10(11)8-26-16(29)14(31-17(26)30)7-9-5-12(19(23,24)25)15(28)13(27)6-9/h1-7,27-28H,8H2. The third-order valence-corrected chi connectivity index (χ3v) is 5.15. The average Bonchev–Trinajstić information content (AvgIpc) is 2.90. The van der Waals surface area contributed by atoms with Crippen LogP contribution in [0.4, 0.5) is 31.1 Å². The van der Waals surface area contributed by atoms with Gasteiger partial charge in [0.15, 0.2) is 11.5 Å². The Morgan fingerprint density at radius 1 is 0.935 bits per heavy atom. The molecule has 1 heterocycles. The number of hydrogen-bond acceptors (Lipinski definition) is 5. The van der Waals surface area contributed by atoms with Gasteiger partial charge in [-0.3, -0.25) is 14.5 Å². The lowest BCUT2D eigenvalue weighted by atomic mass is 10.1. The Morgan fingerprint density at radius 3 is 2.16 bits per heavy atom. The Hall–Kier alpha value is -3.15. The molecule has 2 aromatic carbocycles. The van der Waals surface area contributed by atoms with Crippen LogP contribution in [-0.4, -0.2) is 26.3 Å². The molecular weight excluding hydrogens is 452 g/mol. The summed E-state index contributed by atoms with van der Waals surface area (Å²) in [4.78, 5) is 24.9. The topological polar surface area (TPSA) is 77.8 Å². The van der Waals surface area contributed by atoms with Crippen LogP contribution in [0.5, 0.6) is 11.5 Å². The summed E-state index contributed by atoms with van der Waals surface area (Å²) in [5.41, 5.74) is -3.27. The molecule has 0 aromatic heterocycles. The highest BCUT2D eigenvalue weighted by Gasteiger charge is 2.39. The van der Waals surface area contributed by atoms with Crippen molar-refractivity contribution in [2.24, 2.45) is 0 Å². The molecule has 1 fully saturated rings. The van der Waals surface area contributed by atoms with E-state index in [1.807, 2.05) is 0 Å². The number of hydrogen-bond donors (Lipinski definition) is 2. The van der Waals surface area contributed by atoms with Crippen molar-refractivity contribution in [1.82, 2.24) is 4.90 Å². The van der Waals surface area contributed by atoms with Crippen molar-refractivity contribution in [3.63, 3.8) is 0 Å². The number of thioether (sulfide) groups is 1. The monoisotopic (exact) mass is 463 g/mol. The lowest BCUT2D eigenvalue weighted by Gasteiger charge is -2.17. The maximum Gasteiger partial charge on any atom is 0.420 e. The zero-order chi connectivity index (χ0) is 23.1. The number of carbonyl (C=O) groups excluding carboxylic acids is 2. The van der Waals surface area contributed by atoms with Gasteiger partial charge < -0.3 is 10.2 Å². The Balaban J connectivity index is 1.93. The summed E-state index contributed by atoms with van der Waals surface area (Å²) in [6, 6.07) is 5.55. The molecule has 1 saturated heterocycles. The maximum absolute atomic E-state index is 13.1. The summed E-state index contributed by atoms with van der Waals surface area (Å²) in [5, 5.41) is 18.0. The van der Waals surface area contributed by atoms with E-state index in [0.717, 1.165) is 30.3 Å². The van der Waals surface area contributed by atoms with Gasteiger partial charge in [-0.2, -0.15) is 26.3 Å². The number of halogens is 6. The molecule has 5 nitrogen and oxygen atoms in total. The van der Waals surface area contributed by atoms with Gasteiger partial charge in [-0.05, 0) is 47.2 Å². The van der Waals surface area contributed by atoms with E-state index in [-0.39, 0.29) is 16.0 Å². The first-order valence-corrected chi connectivity index (χ1v) is 9.14. The maximum atomic E-state index is 13.1. The van der Waals surface area contributed by atoms with Gasteiger partial charge >= 0.3 is 12.4 Å². The van der Waals surface area contributed by atoms with Gasteiger partial charge in [0.25, 0.3) is 11.1 Å². The minimum atomic E-state index is -5.01. The number of aromatic hydroxyl groups is 2. The van der Waals surface area contributed by atoms with E-state index >= 15 is 0 Å². The molecule has 0 spiro atoms. The third kappa shape index (κ3) is 4.63. The van der Waals surface area contributed by atoms with Crippen LogP contribution in [0, 0.1) is 0 Å². The number of amides is 2. The summed E-state index contributed by atoms with van der Waals surface area (Å²) >= 11 is 0.325. The van der Waals surface area contributed by atoms with Crippen molar-refractivity contribution in [3.8, 4) is 11.5 Å². The first-order valence-electron chi connectivity index (χ1n) is 8.32. The van der Waals surface area contributed by atoms with Gasteiger partial charge in [0.1, 0.15) is 5.56 Å². The van der Waals surface area contributed by atoms with Crippen molar-refractivity contribution >= 4 is 29.0 Å². The summed E-state index contributed by atoms with van der Waals surface area (Å²) in [7, 11) is 0. The minimum Gasteiger partial charge on any atom is -0.504 e. The molecule has 0 atom stereocenters. The van der Waals surface area contributed by atoms with Crippen LogP contribution >= 0.6 is 11.8 Å². The van der Waals surface area contributed by atoms with Crippen molar-refractivity contribution < 1.29 is 46.1 Å². The van der Waals surface area contributed by atoms with Crippen LogP contribution in [0.25, 0.3) is 6.08 Å². The molecular formula is C19H11F6NO4S. The summed E-state index contributed by atoms with van der Waals surface area (Å²) in [5.74, 6) is -3.51. The average molecular weight is 463 g/mol. The van der Waals surface area contributed by atoms with Gasteiger partial charge in [0.2, 0.25) is 0 Å². The largest absolute Gasteiger partial charge is 0.504 e. The number of carbonyl (C=O) groups is 2.